The lowest BCUT2D eigenvalue weighted by molar-refractivity contribution is -0.118. The van der Waals surface area contributed by atoms with Crippen molar-refractivity contribution in [2.75, 3.05) is 25.1 Å². The number of amides is 1. The highest BCUT2D eigenvalue weighted by atomic mass is 16.5. The Labute approximate surface area is 161 Å². The van der Waals surface area contributed by atoms with Gasteiger partial charge in [0.05, 0.1) is 13.2 Å². The fourth-order valence-electron chi connectivity index (χ4n) is 2.71. The van der Waals surface area contributed by atoms with E-state index in [-0.39, 0.29) is 12.5 Å². The molecule has 2 aromatic rings. The predicted octanol–water partition coefficient (Wildman–Crippen LogP) is 4.93. The van der Waals surface area contributed by atoms with Crippen molar-refractivity contribution in [3.05, 3.63) is 47.5 Å². The van der Waals surface area contributed by atoms with Gasteiger partial charge >= 0.3 is 0 Å². The molecule has 1 amide bonds. The van der Waals surface area contributed by atoms with E-state index in [1.54, 1.807) is 18.2 Å². The molecule has 1 N–H and O–H groups in total. The zero-order valence-electron chi connectivity index (χ0n) is 16.8. The Kier molecular flexibility index (Phi) is 7.53. The van der Waals surface area contributed by atoms with Gasteiger partial charge in [-0.3, -0.25) is 4.79 Å². The second-order valence-electron chi connectivity index (χ2n) is 6.56. The van der Waals surface area contributed by atoms with Crippen LogP contribution in [0.15, 0.2) is 36.4 Å². The van der Waals surface area contributed by atoms with Gasteiger partial charge in [-0.05, 0) is 56.0 Å². The maximum Gasteiger partial charge on any atom is 0.262 e. The molecule has 0 fully saturated rings. The smallest absolute Gasteiger partial charge is 0.262 e. The second kappa shape index (κ2) is 9.86. The first-order valence-corrected chi connectivity index (χ1v) is 9.37. The van der Waals surface area contributed by atoms with E-state index >= 15 is 0 Å². The van der Waals surface area contributed by atoms with Crippen LogP contribution in [-0.4, -0.2) is 25.7 Å². The maximum atomic E-state index is 12.3. The SMILES string of the molecule is CCOc1ccc(NC(=O)COc2cc(C)ccc2C(C)C)cc1OCC. The Hall–Kier alpha value is -2.69. The van der Waals surface area contributed by atoms with Crippen molar-refractivity contribution in [3.63, 3.8) is 0 Å². The normalized spacial score (nSPS) is 10.6. The summed E-state index contributed by atoms with van der Waals surface area (Å²) in [6.07, 6.45) is 0. The summed E-state index contributed by atoms with van der Waals surface area (Å²) < 4.78 is 16.9. The van der Waals surface area contributed by atoms with Crippen LogP contribution in [0.3, 0.4) is 0 Å². The molecule has 5 nitrogen and oxygen atoms in total. The highest BCUT2D eigenvalue weighted by Crippen LogP contribution is 2.31. The number of aryl methyl sites for hydroxylation is 1. The largest absolute Gasteiger partial charge is 0.490 e. The van der Waals surface area contributed by atoms with Crippen molar-refractivity contribution in [1.29, 1.82) is 0 Å². The average molecular weight is 371 g/mol. The van der Waals surface area contributed by atoms with Gasteiger partial charge in [0.2, 0.25) is 0 Å². The number of ether oxygens (including phenoxy) is 3. The third-order valence-corrected chi connectivity index (χ3v) is 3.98. The third-order valence-electron chi connectivity index (χ3n) is 3.98. The Morgan fingerprint density at radius 3 is 2.30 bits per heavy atom. The summed E-state index contributed by atoms with van der Waals surface area (Å²) in [5.41, 5.74) is 2.83. The first kappa shape index (κ1) is 20.6. The molecule has 0 aromatic heterocycles. The Morgan fingerprint density at radius 1 is 0.926 bits per heavy atom. The number of nitrogens with one attached hydrogen (secondary N) is 1. The molecular weight excluding hydrogens is 342 g/mol. The molecule has 2 rings (SSSR count). The van der Waals surface area contributed by atoms with E-state index in [2.05, 4.69) is 25.2 Å². The zero-order valence-corrected chi connectivity index (χ0v) is 16.8. The van der Waals surface area contributed by atoms with E-state index in [1.165, 1.54) is 0 Å². The molecule has 0 unspecified atom stereocenters. The fourth-order valence-corrected chi connectivity index (χ4v) is 2.71. The molecule has 5 heteroatoms. The van der Waals surface area contributed by atoms with E-state index < -0.39 is 0 Å². The number of anilines is 1. The lowest BCUT2D eigenvalue weighted by Gasteiger charge is -2.15. The standard InChI is InChI=1S/C22H29NO4/c1-6-25-19-11-9-17(13-21(19)26-7-2)23-22(24)14-27-20-12-16(5)8-10-18(20)15(3)4/h8-13,15H,6-7,14H2,1-5H3,(H,23,24). The van der Waals surface area contributed by atoms with Crippen molar-refractivity contribution >= 4 is 11.6 Å². The number of carbonyl (C=O) groups excluding carboxylic acids is 1. The van der Waals surface area contributed by atoms with Gasteiger partial charge in [-0.15, -0.1) is 0 Å². The first-order valence-electron chi connectivity index (χ1n) is 9.37. The maximum absolute atomic E-state index is 12.3. The highest BCUT2D eigenvalue weighted by Gasteiger charge is 2.12. The van der Waals surface area contributed by atoms with Gasteiger partial charge in [-0.1, -0.05) is 26.0 Å². The van der Waals surface area contributed by atoms with E-state index in [0.717, 1.165) is 16.9 Å². The second-order valence-corrected chi connectivity index (χ2v) is 6.56. The highest BCUT2D eigenvalue weighted by molar-refractivity contribution is 5.92. The molecule has 0 aliphatic rings. The molecule has 0 saturated heterocycles. The Balaban J connectivity index is 2.04. The lowest BCUT2D eigenvalue weighted by Crippen LogP contribution is -2.20. The fraction of sp³-hybridized carbons (Fsp3) is 0.409. The number of hydrogen-bond acceptors (Lipinski definition) is 4. The number of hydrogen-bond donors (Lipinski definition) is 1. The van der Waals surface area contributed by atoms with E-state index in [4.69, 9.17) is 14.2 Å². The van der Waals surface area contributed by atoms with Crippen molar-refractivity contribution < 1.29 is 19.0 Å². The van der Waals surface area contributed by atoms with Gasteiger partial charge in [0.15, 0.2) is 18.1 Å². The molecule has 146 valence electrons. The van der Waals surface area contributed by atoms with Crippen LogP contribution in [0.1, 0.15) is 44.7 Å². The summed E-state index contributed by atoms with van der Waals surface area (Å²) in [5.74, 6) is 2.12. The van der Waals surface area contributed by atoms with Gasteiger partial charge in [-0.2, -0.15) is 0 Å². The minimum Gasteiger partial charge on any atom is -0.490 e. The van der Waals surface area contributed by atoms with Gasteiger partial charge in [-0.25, -0.2) is 0 Å². The topological polar surface area (TPSA) is 56.8 Å². The molecule has 0 aliphatic carbocycles. The van der Waals surface area contributed by atoms with Crippen LogP contribution in [0, 0.1) is 6.92 Å². The van der Waals surface area contributed by atoms with Crippen LogP contribution in [0.4, 0.5) is 5.69 Å². The molecule has 0 spiro atoms. The average Bonchev–Trinajstić information content (AvgIpc) is 2.62. The first-order chi connectivity index (χ1) is 12.9. The van der Waals surface area contributed by atoms with Crippen LogP contribution in [0.2, 0.25) is 0 Å². The summed E-state index contributed by atoms with van der Waals surface area (Å²) in [6.45, 7) is 11.1. The molecule has 2 aromatic carbocycles. The molecule has 0 radical (unpaired) electrons. The van der Waals surface area contributed by atoms with E-state index in [1.807, 2.05) is 32.9 Å². The van der Waals surface area contributed by atoms with Crippen LogP contribution in [0.5, 0.6) is 17.2 Å². The minimum absolute atomic E-state index is 0.0552. The quantitative estimate of drug-likeness (QED) is 0.679. The Bertz CT molecular complexity index is 771. The Morgan fingerprint density at radius 2 is 1.63 bits per heavy atom. The minimum atomic E-state index is -0.224. The number of benzene rings is 2. The van der Waals surface area contributed by atoms with Gasteiger partial charge in [0, 0.05) is 11.8 Å². The zero-order chi connectivity index (χ0) is 19.8. The summed E-state index contributed by atoms with van der Waals surface area (Å²) >= 11 is 0. The molecule has 0 aliphatic heterocycles. The molecule has 0 heterocycles. The van der Waals surface area contributed by atoms with Crippen LogP contribution in [-0.2, 0) is 4.79 Å². The van der Waals surface area contributed by atoms with Crippen molar-refractivity contribution in [3.8, 4) is 17.2 Å². The van der Waals surface area contributed by atoms with Gasteiger partial charge in [0.1, 0.15) is 5.75 Å². The van der Waals surface area contributed by atoms with Crippen LogP contribution < -0.4 is 19.5 Å². The van der Waals surface area contributed by atoms with E-state index in [0.29, 0.717) is 36.3 Å². The molecule has 0 bridgehead atoms. The summed E-state index contributed by atoms with van der Waals surface area (Å²) in [7, 11) is 0. The monoisotopic (exact) mass is 371 g/mol. The van der Waals surface area contributed by atoms with Crippen molar-refractivity contribution in [2.24, 2.45) is 0 Å². The number of rotatable bonds is 9. The van der Waals surface area contributed by atoms with Crippen LogP contribution >= 0.6 is 0 Å². The molecule has 27 heavy (non-hydrogen) atoms. The summed E-state index contributed by atoms with van der Waals surface area (Å²) in [5, 5.41) is 2.84. The van der Waals surface area contributed by atoms with Crippen molar-refractivity contribution in [1.82, 2.24) is 0 Å². The third kappa shape index (κ3) is 5.91. The molecule has 0 saturated carbocycles. The predicted molar refractivity (Wildman–Crippen MR) is 108 cm³/mol. The lowest BCUT2D eigenvalue weighted by atomic mass is 10.0. The van der Waals surface area contributed by atoms with Gasteiger partial charge < -0.3 is 19.5 Å². The van der Waals surface area contributed by atoms with E-state index in [9.17, 15) is 4.79 Å². The molecule has 0 atom stereocenters. The summed E-state index contributed by atoms with van der Waals surface area (Å²) in [6, 6.07) is 11.4. The van der Waals surface area contributed by atoms with Gasteiger partial charge in [0.25, 0.3) is 5.91 Å². The van der Waals surface area contributed by atoms with Crippen LogP contribution in [0.25, 0.3) is 0 Å². The number of carbonyl (C=O) groups is 1. The summed E-state index contributed by atoms with van der Waals surface area (Å²) in [4.78, 5) is 12.3. The molecular formula is C22H29NO4. The van der Waals surface area contributed by atoms with Crippen molar-refractivity contribution in [2.45, 2.75) is 40.5 Å².